The Balaban J connectivity index is -0.000000105. The number of alkyl halides is 1. The summed E-state index contributed by atoms with van der Waals surface area (Å²) in [6.45, 7) is 0.471. The van der Waals surface area contributed by atoms with Crippen LogP contribution in [0.2, 0.25) is 0 Å². The molecule has 0 rings (SSSR count). The van der Waals surface area contributed by atoms with Crippen LogP contribution in [0.4, 0.5) is 4.39 Å². The second-order valence-electron chi connectivity index (χ2n) is 2.55. The zero-order valence-electron chi connectivity index (χ0n) is 10.1. The molecule has 0 aliphatic rings. The van der Waals surface area contributed by atoms with Gasteiger partial charge in [-0.25, -0.2) is 9.18 Å². The smallest absolute Gasteiger partial charge is 1.00 e. The Labute approximate surface area is 115 Å². The summed E-state index contributed by atoms with van der Waals surface area (Å²) < 4.78 is 10.5. The largest absolute Gasteiger partial charge is 1.00 e. The molecule has 0 unspecified atom stereocenters. The van der Waals surface area contributed by atoms with E-state index in [1.165, 1.54) is 0 Å². The fraction of sp³-hybridized carbons (Fsp3) is 0.625. The summed E-state index contributed by atoms with van der Waals surface area (Å²) in [4.78, 5) is 29.3. The molecule has 0 heterocycles. The number of carboxylic acid groups (broad SMARTS) is 3. The first-order valence-corrected chi connectivity index (χ1v) is 4.10. The van der Waals surface area contributed by atoms with E-state index in [1.54, 1.807) is 6.92 Å². The van der Waals surface area contributed by atoms with Gasteiger partial charge in [0.15, 0.2) is 12.6 Å². The Hall–Kier alpha value is -0.660. The van der Waals surface area contributed by atoms with Gasteiger partial charge in [-0.05, 0) is 6.42 Å². The summed E-state index contributed by atoms with van der Waals surface area (Å²) >= 11 is 0. The van der Waals surface area contributed by atoms with Crippen LogP contribution >= 0.6 is 0 Å². The molecule has 6 nitrogen and oxygen atoms in total. The van der Waals surface area contributed by atoms with Crippen LogP contribution in [0.5, 0.6) is 0 Å². The molecule has 16 heavy (non-hydrogen) atoms. The zero-order chi connectivity index (χ0) is 12.4. The first kappa shape index (κ1) is 20.7. The minimum absolute atomic E-state index is 0. The summed E-state index contributed by atoms with van der Waals surface area (Å²) in [6.07, 6.45) is 0.772. The predicted molar refractivity (Wildman–Crippen MR) is 48.4 cm³/mol. The van der Waals surface area contributed by atoms with Crippen LogP contribution in [-0.4, -0.2) is 39.9 Å². The molecule has 0 aliphatic carbocycles. The maximum Gasteiger partial charge on any atom is 1.00 e. The van der Waals surface area contributed by atoms with Gasteiger partial charge in [0.25, 0.3) is 0 Å². The van der Waals surface area contributed by atoms with Crippen LogP contribution in [0.15, 0.2) is 0 Å². The van der Waals surface area contributed by atoms with E-state index in [4.69, 9.17) is 20.1 Å². The molecule has 0 aromatic heterocycles. The van der Waals surface area contributed by atoms with Crippen molar-refractivity contribution in [2.24, 2.45) is 5.92 Å². The Morgan fingerprint density at radius 2 is 1.50 bits per heavy atom. The van der Waals surface area contributed by atoms with Crippen molar-refractivity contribution in [3.63, 3.8) is 0 Å². The SMILES string of the molecule is CCCC(C(=O)O)C(=O)O.O=C(O)CF.[H-].[Na+]. The van der Waals surface area contributed by atoms with Crippen LogP contribution in [-0.2, 0) is 14.4 Å². The average molecular weight is 248 g/mol. The molecular weight excluding hydrogens is 234 g/mol. The first-order valence-electron chi connectivity index (χ1n) is 4.10. The van der Waals surface area contributed by atoms with Crippen LogP contribution in [0.25, 0.3) is 0 Å². The summed E-state index contributed by atoms with van der Waals surface area (Å²) in [5.41, 5.74) is 0. The van der Waals surface area contributed by atoms with Gasteiger partial charge in [-0.1, -0.05) is 13.3 Å². The first-order chi connectivity index (χ1) is 6.86. The maximum atomic E-state index is 10.5. The molecule has 0 atom stereocenters. The molecule has 0 aromatic carbocycles. The van der Waals surface area contributed by atoms with E-state index in [0.29, 0.717) is 6.42 Å². The molecule has 0 saturated carbocycles. The van der Waals surface area contributed by atoms with Gasteiger partial charge in [0.2, 0.25) is 0 Å². The molecule has 0 amide bonds. The van der Waals surface area contributed by atoms with E-state index in [2.05, 4.69) is 0 Å². The maximum absolute atomic E-state index is 10.5. The monoisotopic (exact) mass is 248 g/mol. The summed E-state index contributed by atoms with van der Waals surface area (Å²) in [5.74, 6) is -5.15. The Morgan fingerprint density at radius 1 is 1.19 bits per heavy atom. The number of halogens is 1. The van der Waals surface area contributed by atoms with Crippen LogP contribution in [0.3, 0.4) is 0 Å². The minimum atomic E-state index is -1.41. The molecule has 0 bridgehead atoms. The number of hydrogen-bond acceptors (Lipinski definition) is 3. The summed E-state index contributed by atoms with van der Waals surface area (Å²) in [5, 5.41) is 23.9. The summed E-state index contributed by atoms with van der Waals surface area (Å²) in [6, 6.07) is 0. The van der Waals surface area contributed by atoms with Gasteiger partial charge >= 0.3 is 47.5 Å². The summed E-state index contributed by atoms with van der Waals surface area (Å²) in [7, 11) is 0. The van der Waals surface area contributed by atoms with E-state index in [1.807, 2.05) is 0 Å². The molecule has 0 aromatic rings. The number of aliphatic carboxylic acids is 3. The third kappa shape index (κ3) is 13.3. The van der Waals surface area contributed by atoms with Crippen LogP contribution in [0, 0.1) is 5.92 Å². The molecule has 0 spiro atoms. The van der Waals surface area contributed by atoms with Crippen molar-refractivity contribution >= 4 is 17.9 Å². The Bertz CT molecular complexity index is 224. The van der Waals surface area contributed by atoms with Gasteiger partial charge in [-0.15, -0.1) is 0 Å². The molecule has 3 N–H and O–H groups in total. The van der Waals surface area contributed by atoms with Gasteiger partial charge in [-0.3, -0.25) is 9.59 Å². The molecule has 90 valence electrons. The molecule has 0 saturated heterocycles. The van der Waals surface area contributed by atoms with Crippen LogP contribution < -0.4 is 29.6 Å². The normalized spacial score (nSPS) is 8.44. The quantitative estimate of drug-likeness (QED) is 0.373. The molecule has 0 radical (unpaired) electrons. The van der Waals surface area contributed by atoms with Crippen molar-refractivity contribution in [1.29, 1.82) is 0 Å². The van der Waals surface area contributed by atoms with Crippen molar-refractivity contribution in [2.75, 3.05) is 6.67 Å². The second kappa shape index (κ2) is 12.4. The Morgan fingerprint density at radius 3 is 1.56 bits per heavy atom. The molecule has 0 fully saturated rings. The minimum Gasteiger partial charge on any atom is -1.00 e. The topological polar surface area (TPSA) is 112 Å². The van der Waals surface area contributed by atoms with Gasteiger partial charge in [0.05, 0.1) is 0 Å². The van der Waals surface area contributed by atoms with Crippen molar-refractivity contribution in [1.82, 2.24) is 0 Å². The van der Waals surface area contributed by atoms with Gasteiger partial charge in [0, 0.05) is 0 Å². The van der Waals surface area contributed by atoms with E-state index in [0.717, 1.165) is 0 Å². The van der Waals surface area contributed by atoms with E-state index in [9.17, 15) is 14.0 Å². The van der Waals surface area contributed by atoms with Gasteiger partial charge in [0.1, 0.15) is 0 Å². The number of hydrogen-bond donors (Lipinski definition) is 3. The third-order valence-corrected chi connectivity index (χ3v) is 1.29. The number of carbonyl (C=O) groups is 3. The fourth-order valence-corrected chi connectivity index (χ4v) is 0.641. The third-order valence-electron chi connectivity index (χ3n) is 1.29. The van der Waals surface area contributed by atoms with Crippen molar-refractivity contribution in [2.45, 2.75) is 19.8 Å². The van der Waals surface area contributed by atoms with Gasteiger partial charge in [-0.2, -0.15) is 0 Å². The molecule has 8 heteroatoms. The van der Waals surface area contributed by atoms with Crippen molar-refractivity contribution in [3.8, 4) is 0 Å². The predicted octanol–water partition coefficient (Wildman–Crippen LogP) is -2.27. The fourth-order valence-electron chi connectivity index (χ4n) is 0.641. The van der Waals surface area contributed by atoms with Crippen molar-refractivity contribution < 1.29 is 65.1 Å². The number of rotatable bonds is 5. The number of carboxylic acids is 3. The van der Waals surface area contributed by atoms with E-state index < -0.39 is 30.5 Å². The standard InChI is InChI=1S/C6H10O4.C2H3FO2.Na.H/c1-2-3-4(5(7)8)6(9)10;3-1-2(4)5;;/h4H,2-3H2,1H3,(H,7,8)(H,9,10);1H2,(H,4,5);;/q;;+1;-1. The van der Waals surface area contributed by atoms with E-state index >= 15 is 0 Å². The van der Waals surface area contributed by atoms with Gasteiger partial charge < -0.3 is 16.7 Å². The van der Waals surface area contributed by atoms with E-state index in [-0.39, 0.29) is 37.4 Å². The average Bonchev–Trinajstić information content (AvgIpc) is 2.14. The molecular formula is C8H14FNaO6. The molecule has 0 aliphatic heterocycles. The zero-order valence-corrected chi connectivity index (χ0v) is 11.1. The Kier molecular flexibility index (Phi) is 16.1. The van der Waals surface area contributed by atoms with Crippen LogP contribution in [0.1, 0.15) is 21.2 Å². The second-order valence-corrected chi connectivity index (χ2v) is 2.55. The van der Waals surface area contributed by atoms with Crippen molar-refractivity contribution in [3.05, 3.63) is 0 Å².